The van der Waals surface area contributed by atoms with Gasteiger partial charge in [-0.1, -0.05) is 26.2 Å². The maximum absolute atomic E-state index is 11.5. The van der Waals surface area contributed by atoms with E-state index in [1.54, 1.807) is 24.3 Å². The van der Waals surface area contributed by atoms with Gasteiger partial charge in [-0.25, -0.2) is 0 Å². The fourth-order valence-corrected chi connectivity index (χ4v) is 3.90. The second-order valence-electron chi connectivity index (χ2n) is 10.6. The van der Waals surface area contributed by atoms with Gasteiger partial charge >= 0.3 is 5.97 Å². The third kappa shape index (κ3) is 32.6. The van der Waals surface area contributed by atoms with Crippen molar-refractivity contribution in [3.8, 4) is 5.75 Å². The van der Waals surface area contributed by atoms with Gasteiger partial charge in [0.2, 0.25) is 5.91 Å². The first kappa shape index (κ1) is 44.6. The number of benzene rings is 1. The van der Waals surface area contributed by atoms with E-state index in [2.05, 4.69) is 12.2 Å². The molecule has 0 aliphatic heterocycles. The Morgan fingerprint density at radius 3 is 1.22 bits per heavy atom. The molecule has 1 aromatic carbocycles. The number of amides is 1. The lowest BCUT2D eigenvalue weighted by Gasteiger charge is -2.09. The molecule has 0 aliphatic carbocycles. The van der Waals surface area contributed by atoms with E-state index in [0.717, 1.165) is 31.4 Å². The highest BCUT2D eigenvalue weighted by Crippen LogP contribution is 2.15. The molecule has 49 heavy (non-hydrogen) atoms. The Morgan fingerprint density at radius 1 is 0.490 bits per heavy atom. The number of unbranched alkanes of at least 4 members (excludes halogenated alkanes) is 3. The highest BCUT2D eigenvalue weighted by molar-refractivity contribution is 5.88. The van der Waals surface area contributed by atoms with E-state index in [-0.39, 0.29) is 18.5 Å². The highest BCUT2D eigenvalue weighted by atomic mass is 16.6. The largest absolute Gasteiger partial charge is 0.491 e. The third-order valence-corrected chi connectivity index (χ3v) is 6.37. The first-order chi connectivity index (χ1) is 24.1. The number of anilines is 1. The number of nitrogens with one attached hydrogen (secondary N) is 1. The summed E-state index contributed by atoms with van der Waals surface area (Å²) in [5, 5.41) is 2.71. The van der Waals surface area contributed by atoms with E-state index in [0.29, 0.717) is 138 Å². The molecule has 0 atom stereocenters. The second-order valence-corrected chi connectivity index (χ2v) is 10.6. The number of hydrogen-bond donors (Lipinski definition) is 1. The van der Waals surface area contributed by atoms with Gasteiger partial charge in [-0.2, -0.15) is 0 Å². The smallest absolute Gasteiger partial charge is 0.305 e. The third-order valence-electron chi connectivity index (χ3n) is 6.37. The number of hydrogen-bond acceptors (Lipinski definition) is 13. The van der Waals surface area contributed by atoms with Crippen molar-refractivity contribution in [3.05, 3.63) is 24.3 Å². The summed E-state index contributed by atoms with van der Waals surface area (Å²) >= 11 is 0. The van der Waals surface area contributed by atoms with Crippen LogP contribution in [-0.2, 0) is 57.0 Å². The summed E-state index contributed by atoms with van der Waals surface area (Å²) in [6.07, 6.45) is 4.74. The summed E-state index contributed by atoms with van der Waals surface area (Å²) in [5.74, 6) is 0.449. The number of ether oxygens (including phenoxy) is 11. The van der Waals surface area contributed by atoms with Gasteiger partial charge in [0.05, 0.1) is 119 Å². The van der Waals surface area contributed by atoms with Crippen molar-refractivity contribution >= 4 is 17.6 Å². The molecule has 1 rings (SSSR count). The molecule has 0 bridgehead atoms. The Balaban J connectivity index is 1.67. The molecule has 0 radical (unpaired) electrons. The van der Waals surface area contributed by atoms with Crippen LogP contribution in [0.2, 0.25) is 0 Å². The van der Waals surface area contributed by atoms with Crippen LogP contribution in [0.25, 0.3) is 0 Å². The van der Waals surface area contributed by atoms with Gasteiger partial charge in [0.15, 0.2) is 0 Å². The summed E-state index contributed by atoms with van der Waals surface area (Å²) in [6.45, 7) is 12.9. The average molecular weight is 704 g/mol. The molecule has 0 saturated carbocycles. The van der Waals surface area contributed by atoms with Gasteiger partial charge in [-0.3, -0.25) is 9.59 Å². The molecular weight excluding hydrogens is 642 g/mol. The van der Waals surface area contributed by atoms with E-state index in [1.807, 2.05) is 0 Å². The second kappa shape index (κ2) is 35.4. The maximum Gasteiger partial charge on any atom is 0.305 e. The van der Waals surface area contributed by atoms with Gasteiger partial charge in [0.25, 0.3) is 0 Å². The van der Waals surface area contributed by atoms with Gasteiger partial charge in [-0.15, -0.1) is 0 Å². The van der Waals surface area contributed by atoms with Crippen molar-refractivity contribution in [1.82, 2.24) is 0 Å². The Bertz CT molecular complexity index is 876. The number of rotatable bonds is 37. The Morgan fingerprint density at radius 2 is 0.857 bits per heavy atom. The predicted octanol–water partition coefficient (Wildman–Crippen LogP) is 3.69. The molecule has 0 aromatic heterocycles. The normalized spacial score (nSPS) is 11.1. The number of carbonyl (C=O) groups is 2. The standard InChI is InChI=1S/C35H61NO13/c1-3-4-5-6-7-35(38)49-31-29-47-27-25-45-23-21-43-19-17-41-15-13-39-12-14-40-16-18-42-20-22-44-24-26-46-28-30-48-34-10-8-33(9-11-34)36-32(2)37/h8-11H,3-7,12-31H2,1-2H3,(H,36,37). The summed E-state index contributed by atoms with van der Waals surface area (Å²) in [4.78, 5) is 22.6. The van der Waals surface area contributed by atoms with Crippen LogP contribution in [0.3, 0.4) is 0 Å². The molecule has 284 valence electrons. The monoisotopic (exact) mass is 703 g/mol. The lowest BCUT2D eigenvalue weighted by molar-refractivity contribution is -0.145. The minimum absolute atomic E-state index is 0.110. The highest BCUT2D eigenvalue weighted by Gasteiger charge is 2.02. The molecule has 1 aromatic rings. The molecule has 14 nitrogen and oxygen atoms in total. The van der Waals surface area contributed by atoms with Crippen LogP contribution in [0, 0.1) is 0 Å². The van der Waals surface area contributed by atoms with Gasteiger partial charge in [0.1, 0.15) is 19.0 Å². The van der Waals surface area contributed by atoms with Crippen LogP contribution in [0.15, 0.2) is 24.3 Å². The van der Waals surface area contributed by atoms with Crippen molar-refractivity contribution in [1.29, 1.82) is 0 Å². The first-order valence-electron chi connectivity index (χ1n) is 17.5. The summed E-state index contributed by atoms with van der Waals surface area (Å²) in [5.41, 5.74) is 0.729. The topological polar surface area (TPSA) is 148 Å². The van der Waals surface area contributed by atoms with E-state index in [9.17, 15) is 9.59 Å². The quantitative estimate of drug-likeness (QED) is 0.0795. The van der Waals surface area contributed by atoms with E-state index < -0.39 is 0 Å². The maximum atomic E-state index is 11.5. The molecular formula is C35H61NO13. The van der Waals surface area contributed by atoms with Crippen molar-refractivity contribution in [2.45, 2.75) is 46.0 Å². The molecule has 0 unspecified atom stereocenters. The lowest BCUT2D eigenvalue weighted by atomic mass is 10.2. The zero-order chi connectivity index (χ0) is 35.3. The Kier molecular flexibility index (Phi) is 32.3. The van der Waals surface area contributed by atoms with E-state index in [1.165, 1.54) is 6.92 Å². The number of carbonyl (C=O) groups excluding carboxylic acids is 2. The van der Waals surface area contributed by atoms with Crippen LogP contribution in [0.4, 0.5) is 5.69 Å². The van der Waals surface area contributed by atoms with Crippen LogP contribution < -0.4 is 10.1 Å². The molecule has 0 spiro atoms. The first-order valence-corrected chi connectivity index (χ1v) is 17.5. The Hall–Kier alpha value is -2.40. The van der Waals surface area contributed by atoms with Crippen LogP contribution in [-0.4, -0.2) is 144 Å². The van der Waals surface area contributed by atoms with E-state index >= 15 is 0 Å². The van der Waals surface area contributed by atoms with Crippen molar-refractivity contribution < 1.29 is 61.7 Å². The molecule has 0 aliphatic rings. The van der Waals surface area contributed by atoms with Crippen molar-refractivity contribution in [2.24, 2.45) is 0 Å². The van der Waals surface area contributed by atoms with Crippen LogP contribution >= 0.6 is 0 Å². The average Bonchev–Trinajstić information content (AvgIpc) is 3.09. The number of esters is 1. The summed E-state index contributed by atoms with van der Waals surface area (Å²) < 4.78 is 59.9. The fourth-order valence-electron chi connectivity index (χ4n) is 3.90. The molecule has 1 amide bonds. The predicted molar refractivity (Wildman–Crippen MR) is 183 cm³/mol. The van der Waals surface area contributed by atoms with Gasteiger partial charge in [-0.05, 0) is 30.7 Å². The molecule has 0 heterocycles. The molecule has 1 N–H and O–H groups in total. The van der Waals surface area contributed by atoms with Crippen molar-refractivity contribution in [3.63, 3.8) is 0 Å². The summed E-state index contributed by atoms with van der Waals surface area (Å²) in [6, 6.07) is 7.17. The van der Waals surface area contributed by atoms with Gasteiger partial charge in [0, 0.05) is 19.0 Å². The molecule has 0 fully saturated rings. The lowest BCUT2D eigenvalue weighted by Crippen LogP contribution is -2.15. The van der Waals surface area contributed by atoms with Crippen molar-refractivity contribution in [2.75, 3.05) is 137 Å². The van der Waals surface area contributed by atoms with Gasteiger partial charge < -0.3 is 57.4 Å². The minimum atomic E-state index is -0.156. The molecule has 0 saturated heterocycles. The Labute approximate surface area is 292 Å². The fraction of sp³-hybridized carbons (Fsp3) is 0.771. The minimum Gasteiger partial charge on any atom is -0.491 e. The van der Waals surface area contributed by atoms with E-state index in [4.69, 9.17) is 52.1 Å². The molecule has 14 heteroatoms. The SMILES string of the molecule is CCCCCCC(=O)OCCOCCOCCOCCOCCOCCOCCOCCOCCOCCOc1ccc(NC(C)=O)cc1. The van der Waals surface area contributed by atoms with Crippen LogP contribution in [0.1, 0.15) is 46.0 Å². The summed E-state index contributed by atoms with van der Waals surface area (Å²) in [7, 11) is 0. The zero-order valence-electron chi connectivity index (χ0n) is 29.8. The zero-order valence-corrected chi connectivity index (χ0v) is 29.8. The van der Waals surface area contributed by atoms with Crippen LogP contribution in [0.5, 0.6) is 5.75 Å².